The SMILES string of the molecule is NC1(C(NC(=O)c2ccc3c(c2)OCCO3)P2CC2)CC1. The van der Waals surface area contributed by atoms with Crippen molar-refractivity contribution in [3.05, 3.63) is 23.8 Å². The Morgan fingerprint density at radius 1 is 1.24 bits per heavy atom. The summed E-state index contributed by atoms with van der Waals surface area (Å²) in [4.78, 5) is 12.5. The van der Waals surface area contributed by atoms with Gasteiger partial charge in [0.15, 0.2) is 11.5 Å². The number of hydrogen-bond acceptors (Lipinski definition) is 4. The molecule has 1 aliphatic carbocycles. The van der Waals surface area contributed by atoms with E-state index in [4.69, 9.17) is 15.2 Å². The van der Waals surface area contributed by atoms with Crippen LogP contribution in [0.15, 0.2) is 18.2 Å². The van der Waals surface area contributed by atoms with Gasteiger partial charge in [-0.15, -0.1) is 0 Å². The molecule has 6 heteroatoms. The van der Waals surface area contributed by atoms with Crippen molar-refractivity contribution in [2.75, 3.05) is 25.5 Å². The first kappa shape index (κ1) is 13.4. The molecule has 1 unspecified atom stereocenters. The molecule has 1 atom stereocenters. The number of carbonyl (C=O) groups is 1. The fraction of sp³-hybridized carbons (Fsp3) is 0.533. The molecule has 2 heterocycles. The van der Waals surface area contributed by atoms with E-state index in [0.29, 0.717) is 30.3 Å². The second-order valence-corrected chi connectivity index (χ2v) is 8.59. The summed E-state index contributed by atoms with van der Waals surface area (Å²) in [5.41, 5.74) is 6.79. The maximum atomic E-state index is 12.5. The van der Waals surface area contributed by atoms with Crippen molar-refractivity contribution < 1.29 is 14.3 Å². The van der Waals surface area contributed by atoms with E-state index in [9.17, 15) is 4.79 Å². The van der Waals surface area contributed by atoms with E-state index >= 15 is 0 Å². The van der Waals surface area contributed by atoms with E-state index in [-0.39, 0.29) is 25.2 Å². The van der Waals surface area contributed by atoms with Gasteiger partial charge in [0.1, 0.15) is 13.2 Å². The smallest absolute Gasteiger partial charge is 0.251 e. The van der Waals surface area contributed by atoms with Crippen LogP contribution < -0.4 is 20.5 Å². The predicted molar refractivity (Wildman–Crippen MR) is 81.5 cm³/mol. The van der Waals surface area contributed by atoms with Crippen LogP contribution in [0.2, 0.25) is 0 Å². The Morgan fingerprint density at radius 2 is 1.95 bits per heavy atom. The lowest BCUT2D eigenvalue weighted by molar-refractivity contribution is 0.0942. The van der Waals surface area contributed by atoms with Gasteiger partial charge in [-0.2, -0.15) is 0 Å². The van der Waals surface area contributed by atoms with Gasteiger partial charge in [-0.05, 0) is 43.4 Å². The Bertz CT molecular complexity index is 584. The lowest BCUT2D eigenvalue weighted by atomic mass is 10.1. The van der Waals surface area contributed by atoms with E-state index in [0.717, 1.165) is 12.8 Å². The van der Waals surface area contributed by atoms with E-state index in [1.54, 1.807) is 18.2 Å². The monoisotopic (exact) mass is 306 g/mol. The summed E-state index contributed by atoms with van der Waals surface area (Å²) < 4.78 is 11.0. The molecular weight excluding hydrogens is 287 g/mol. The summed E-state index contributed by atoms with van der Waals surface area (Å²) >= 11 is 0. The summed E-state index contributed by atoms with van der Waals surface area (Å²) in [6.07, 6.45) is 4.52. The molecule has 1 saturated heterocycles. The Labute approximate surface area is 124 Å². The molecule has 1 amide bonds. The molecule has 5 nitrogen and oxygen atoms in total. The van der Waals surface area contributed by atoms with Gasteiger partial charge in [0.2, 0.25) is 0 Å². The van der Waals surface area contributed by atoms with Crippen molar-refractivity contribution in [1.29, 1.82) is 0 Å². The van der Waals surface area contributed by atoms with Gasteiger partial charge in [-0.1, -0.05) is 7.92 Å². The number of hydrogen-bond donors (Lipinski definition) is 2. The zero-order chi connectivity index (χ0) is 14.4. The summed E-state index contributed by atoms with van der Waals surface area (Å²) in [5.74, 6) is 1.48. The molecule has 4 rings (SSSR count). The van der Waals surface area contributed by atoms with E-state index < -0.39 is 0 Å². The zero-order valence-electron chi connectivity index (χ0n) is 11.8. The molecule has 112 valence electrons. The Kier molecular flexibility index (Phi) is 3.09. The molecule has 3 N–H and O–H groups in total. The largest absolute Gasteiger partial charge is 0.486 e. The molecule has 1 aromatic rings. The highest BCUT2D eigenvalue weighted by atomic mass is 31.1. The maximum Gasteiger partial charge on any atom is 0.251 e. The first-order chi connectivity index (χ1) is 10.2. The summed E-state index contributed by atoms with van der Waals surface area (Å²) in [7, 11) is -0.0846. The molecule has 1 saturated carbocycles. The molecular formula is C15H19N2O3P. The fourth-order valence-corrected chi connectivity index (χ4v) is 4.99. The number of nitrogens with two attached hydrogens (primary N) is 1. The van der Waals surface area contributed by atoms with E-state index in [1.165, 1.54) is 12.3 Å². The average Bonchev–Trinajstić information content (AvgIpc) is 3.41. The third-order valence-electron chi connectivity index (χ3n) is 4.29. The molecule has 2 fully saturated rings. The average molecular weight is 306 g/mol. The van der Waals surface area contributed by atoms with Crippen LogP contribution in [0.4, 0.5) is 0 Å². The molecule has 0 bridgehead atoms. The van der Waals surface area contributed by atoms with Crippen LogP contribution in [0.5, 0.6) is 11.5 Å². The maximum absolute atomic E-state index is 12.5. The highest BCUT2D eigenvalue weighted by molar-refractivity contribution is 7.66. The minimum absolute atomic E-state index is 0.0527. The van der Waals surface area contributed by atoms with Crippen LogP contribution in [0.1, 0.15) is 23.2 Å². The predicted octanol–water partition coefficient (Wildman–Crippen LogP) is 1.50. The van der Waals surface area contributed by atoms with Crippen molar-refractivity contribution in [2.24, 2.45) is 5.73 Å². The van der Waals surface area contributed by atoms with Crippen LogP contribution >= 0.6 is 7.92 Å². The number of amides is 1. The molecule has 0 aromatic heterocycles. The molecule has 1 aromatic carbocycles. The van der Waals surface area contributed by atoms with Crippen molar-refractivity contribution in [1.82, 2.24) is 5.32 Å². The molecule has 0 spiro atoms. The van der Waals surface area contributed by atoms with Crippen LogP contribution in [-0.4, -0.2) is 42.8 Å². The van der Waals surface area contributed by atoms with Crippen LogP contribution in [0.3, 0.4) is 0 Å². The van der Waals surface area contributed by atoms with Crippen LogP contribution in [-0.2, 0) is 0 Å². The molecule has 3 aliphatic rings. The van der Waals surface area contributed by atoms with Gasteiger partial charge in [-0.25, -0.2) is 0 Å². The fourth-order valence-electron chi connectivity index (χ4n) is 2.72. The first-order valence-corrected chi connectivity index (χ1v) is 9.17. The summed E-state index contributed by atoms with van der Waals surface area (Å²) in [5, 5.41) is 3.17. The minimum Gasteiger partial charge on any atom is -0.486 e. The molecule has 21 heavy (non-hydrogen) atoms. The van der Waals surface area contributed by atoms with Crippen LogP contribution in [0, 0.1) is 0 Å². The Hall–Kier alpha value is -1.32. The molecule has 2 aliphatic heterocycles. The normalized spacial score (nSPS) is 23.3. The van der Waals surface area contributed by atoms with Gasteiger partial charge in [0.25, 0.3) is 5.91 Å². The lowest BCUT2D eigenvalue weighted by Crippen LogP contribution is -2.47. The van der Waals surface area contributed by atoms with Crippen molar-refractivity contribution in [2.45, 2.75) is 24.2 Å². The Morgan fingerprint density at radius 3 is 2.62 bits per heavy atom. The third kappa shape index (κ3) is 2.60. The second-order valence-electron chi connectivity index (χ2n) is 6.00. The number of fused-ring (bicyclic) bond motifs is 1. The quantitative estimate of drug-likeness (QED) is 0.827. The number of ether oxygens (including phenoxy) is 2. The number of benzene rings is 1. The Balaban J connectivity index is 1.51. The number of carbonyl (C=O) groups excluding carboxylic acids is 1. The third-order valence-corrected chi connectivity index (χ3v) is 6.63. The topological polar surface area (TPSA) is 73.6 Å². The first-order valence-electron chi connectivity index (χ1n) is 7.39. The second kappa shape index (κ2) is 4.85. The number of nitrogens with one attached hydrogen (secondary N) is 1. The number of rotatable bonds is 4. The lowest BCUT2D eigenvalue weighted by Gasteiger charge is -2.25. The van der Waals surface area contributed by atoms with Gasteiger partial charge >= 0.3 is 0 Å². The van der Waals surface area contributed by atoms with Crippen molar-refractivity contribution in [3.8, 4) is 11.5 Å². The van der Waals surface area contributed by atoms with Gasteiger partial charge in [-0.3, -0.25) is 4.79 Å². The summed E-state index contributed by atoms with van der Waals surface area (Å²) in [6, 6.07) is 5.35. The van der Waals surface area contributed by atoms with E-state index in [2.05, 4.69) is 5.32 Å². The van der Waals surface area contributed by atoms with Gasteiger partial charge < -0.3 is 20.5 Å². The van der Waals surface area contributed by atoms with Crippen LogP contribution in [0.25, 0.3) is 0 Å². The summed E-state index contributed by atoms with van der Waals surface area (Å²) in [6.45, 7) is 1.08. The minimum atomic E-state index is -0.147. The highest BCUT2D eigenvalue weighted by Crippen LogP contribution is 2.61. The van der Waals surface area contributed by atoms with Crippen molar-refractivity contribution in [3.63, 3.8) is 0 Å². The molecule has 0 radical (unpaired) electrons. The van der Waals surface area contributed by atoms with Gasteiger partial charge in [0.05, 0.1) is 5.78 Å². The van der Waals surface area contributed by atoms with Gasteiger partial charge in [0, 0.05) is 11.1 Å². The standard InChI is InChI=1S/C15H19N2O3P/c16-15(3-4-15)14(21-7-8-21)17-13(18)10-1-2-11-12(9-10)20-6-5-19-11/h1-2,9,14H,3-8,16H2,(H,17,18). The van der Waals surface area contributed by atoms with Crippen molar-refractivity contribution >= 4 is 13.8 Å². The zero-order valence-corrected chi connectivity index (χ0v) is 12.7. The highest BCUT2D eigenvalue weighted by Gasteiger charge is 2.52. The van der Waals surface area contributed by atoms with E-state index in [1.807, 2.05) is 0 Å².